The second kappa shape index (κ2) is 10.7. The van der Waals surface area contributed by atoms with Crippen LogP contribution in [0.4, 0.5) is 0 Å². The summed E-state index contributed by atoms with van der Waals surface area (Å²) >= 11 is 3.44. The summed E-state index contributed by atoms with van der Waals surface area (Å²) in [4.78, 5) is 18.1. The van der Waals surface area contributed by atoms with Crippen LogP contribution in [0.2, 0.25) is 0 Å². The number of halogens is 1. The van der Waals surface area contributed by atoms with Gasteiger partial charge in [0, 0.05) is 25.1 Å². The number of hydrogen-bond donors (Lipinski definition) is 2. The molecule has 0 aliphatic rings. The Morgan fingerprint density at radius 1 is 1.11 bits per heavy atom. The molecule has 2 rings (SSSR count). The number of carbonyl (C=O) groups excluding carboxylic acids is 1. The molecular formula is C21H27BrN4O2. The summed E-state index contributed by atoms with van der Waals surface area (Å²) in [7, 11) is 5.12. The molecule has 28 heavy (non-hydrogen) atoms. The minimum absolute atomic E-state index is 0.0182. The highest BCUT2D eigenvalue weighted by Crippen LogP contribution is 2.17. The number of guanidine groups is 1. The van der Waals surface area contributed by atoms with Crippen molar-refractivity contribution >= 4 is 27.8 Å². The van der Waals surface area contributed by atoms with E-state index in [-0.39, 0.29) is 12.5 Å². The fourth-order valence-corrected chi connectivity index (χ4v) is 2.75. The fourth-order valence-electron chi connectivity index (χ4n) is 2.48. The van der Waals surface area contributed by atoms with E-state index in [0.29, 0.717) is 19.0 Å². The molecule has 0 heterocycles. The van der Waals surface area contributed by atoms with Gasteiger partial charge in [-0.15, -0.1) is 0 Å². The zero-order valence-electron chi connectivity index (χ0n) is 16.8. The second-order valence-electron chi connectivity index (χ2n) is 6.65. The lowest BCUT2D eigenvalue weighted by molar-refractivity contribution is -0.127. The standard InChI is InChI=1S/C21H27BrN4O2/c1-15-9-17(11-19(10-15)28-4)13-24-21(25-14-20(27)26(2)3)23-12-16-5-7-18(22)8-6-16/h5-11H,12-14H2,1-4H3,(H2,23,24,25). The highest BCUT2D eigenvalue weighted by Gasteiger charge is 2.07. The summed E-state index contributed by atoms with van der Waals surface area (Å²) in [5.74, 6) is 1.37. The normalized spacial score (nSPS) is 11.1. The molecule has 2 aromatic rings. The van der Waals surface area contributed by atoms with Gasteiger partial charge in [0.25, 0.3) is 0 Å². The van der Waals surface area contributed by atoms with Gasteiger partial charge in [-0.2, -0.15) is 0 Å². The molecule has 0 radical (unpaired) electrons. The van der Waals surface area contributed by atoms with E-state index in [1.807, 2.05) is 43.3 Å². The molecule has 2 N–H and O–H groups in total. The predicted octanol–water partition coefficient (Wildman–Crippen LogP) is 3.09. The summed E-state index contributed by atoms with van der Waals surface area (Å²) in [5, 5.41) is 6.39. The molecule has 0 spiro atoms. The number of aryl methyl sites for hydroxylation is 1. The van der Waals surface area contributed by atoms with Crippen LogP contribution >= 0.6 is 15.9 Å². The number of nitrogens with zero attached hydrogens (tertiary/aromatic N) is 2. The van der Waals surface area contributed by atoms with Gasteiger partial charge < -0.3 is 20.3 Å². The Labute approximate surface area is 175 Å². The van der Waals surface area contributed by atoms with Crippen LogP contribution in [0.5, 0.6) is 5.75 Å². The van der Waals surface area contributed by atoms with Crippen molar-refractivity contribution in [3.63, 3.8) is 0 Å². The molecule has 0 aliphatic heterocycles. The summed E-state index contributed by atoms with van der Waals surface area (Å²) in [6.07, 6.45) is 0. The SMILES string of the molecule is COc1cc(C)cc(CN=C(NCC(=O)N(C)C)NCc2ccc(Br)cc2)c1. The highest BCUT2D eigenvalue weighted by molar-refractivity contribution is 9.10. The van der Waals surface area contributed by atoms with Crippen LogP contribution in [0.25, 0.3) is 0 Å². The van der Waals surface area contributed by atoms with Crippen molar-refractivity contribution in [1.82, 2.24) is 15.5 Å². The van der Waals surface area contributed by atoms with E-state index >= 15 is 0 Å². The Morgan fingerprint density at radius 3 is 2.46 bits per heavy atom. The van der Waals surface area contributed by atoms with Crippen LogP contribution in [-0.4, -0.2) is 44.5 Å². The Kier molecular flexibility index (Phi) is 8.32. The lowest BCUT2D eigenvalue weighted by Gasteiger charge is -2.15. The predicted molar refractivity (Wildman–Crippen MR) is 117 cm³/mol. The smallest absolute Gasteiger partial charge is 0.241 e. The molecule has 0 fully saturated rings. The summed E-state index contributed by atoms with van der Waals surface area (Å²) in [6, 6.07) is 14.1. The first-order valence-electron chi connectivity index (χ1n) is 8.98. The molecular weight excluding hydrogens is 420 g/mol. The van der Waals surface area contributed by atoms with Crippen molar-refractivity contribution in [2.75, 3.05) is 27.7 Å². The van der Waals surface area contributed by atoms with Gasteiger partial charge in [-0.05, 0) is 47.9 Å². The molecule has 1 amide bonds. The van der Waals surface area contributed by atoms with E-state index in [1.54, 1.807) is 26.1 Å². The van der Waals surface area contributed by atoms with Crippen molar-refractivity contribution in [1.29, 1.82) is 0 Å². The maximum absolute atomic E-state index is 11.9. The van der Waals surface area contributed by atoms with Gasteiger partial charge in [0.05, 0.1) is 20.2 Å². The third-order valence-corrected chi connectivity index (χ3v) is 4.57. The zero-order chi connectivity index (χ0) is 20.5. The monoisotopic (exact) mass is 446 g/mol. The molecule has 7 heteroatoms. The topological polar surface area (TPSA) is 66.0 Å². The molecule has 0 saturated carbocycles. The van der Waals surface area contributed by atoms with Crippen molar-refractivity contribution in [3.8, 4) is 5.75 Å². The maximum atomic E-state index is 11.9. The Bertz CT molecular complexity index is 820. The average molecular weight is 447 g/mol. The van der Waals surface area contributed by atoms with E-state index in [1.165, 1.54) is 0 Å². The van der Waals surface area contributed by atoms with Crippen LogP contribution in [0.1, 0.15) is 16.7 Å². The summed E-state index contributed by atoms with van der Waals surface area (Å²) in [5.41, 5.74) is 3.28. The van der Waals surface area contributed by atoms with Crippen LogP contribution in [-0.2, 0) is 17.9 Å². The zero-order valence-corrected chi connectivity index (χ0v) is 18.3. The van der Waals surface area contributed by atoms with Gasteiger partial charge in [-0.3, -0.25) is 4.79 Å². The number of nitrogens with one attached hydrogen (secondary N) is 2. The first-order chi connectivity index (χ1) is 13.4. The summed E-state index contributed by atoms with van der Waals surface area (Å²) in [6.45, 7) is 3.28. The lowest BCUT2D eigenvalue weighted by atomic mass is 10.1. The molecule has 0 aromatic heterocycles. The molecule has 0 aliphatic carbocycles. The van der Waals surface area contributed by atoms with Gasteiger partial charge in [-0.1, -0.05) is 34.1 Å². The molecule has 6 nitrogen and oxygen atoms in total. The van der Waals surface area contributed by atoms with E-state index < -0.39 is 0 Å². The van der Waals surface area contributed by atoms with Crippen molar-refractivity contribution in [2.24, 2.45) is 4.99 Å². The number of hydrogen-bond acceptors (Lipinski definition) is 3. The van der Waals surface area contributed by atoms with Gasteiger partial charge in [-0.25, -0.2) is 4.99 Å². The Hall–Kier alpha value is -2.54. The first-order valence-corrected chi connectivity index (χ1v) is 9.78. The lowest BCUT2D eigenvalue weighted by Crippen LogP contribution is -2.42. The number of amides is 1. The molecule has 0 atom stereocenters. The second-order valence-corrected chi connectivity index (χ2v) is 7.56. The average Bonchev–Trinajstić information content (AvgIpc) is 2.67. The molecule has 150 valence electrons. The minimum atomic E-state index is -0.0182. The van der Waals surface area contributed by atoms with Gasteiger partial charge >= 0.3 is 0 Å². The maximum Gasteiger partial charge on any atom is 0.241 e. The van der Waals surface area contributed by atoms with Crippen molar-refractivity contribution < 1.29 is 9.53 Å². The van der Waals surface area contributed by atoms with E-state index in [2.05, 4.69) is 37.6 Å². The largest absolute Gasteiger partial charge is 0.497 e. The number of aliphatic imine (C=N–C) groups is 1. The van der Waals surface area contributed by atoms with Crippen LogP contribution in [0.3, 0.4) is 0 Å². The summed E-state index contributed by atoms with van der Waals surface area (Å²) < 4.78 is 6.36. The number of ether oxygens (including phenoxy) is 1. The number of methoxy groups -OCH3 is 1. The molecule has 0 unspecified atom stereocenters. The van der Waals surface area contributed by atoms with Crippen LogP contribution in [0.15, 0.2) is 51.9 Å². The number of rotatable bonds is 7. The highest BCUT2D eigenvalue weighted by atomic mass is 79.9. The quantitative estimate of drug-likeness (QED) is 0.506. The Balaban J connectivity index is 2.09. The minimum Gasteiger partial charge on any atom is -0.497 e. The van der Waals surface area contributed by atoms with Gasteiger partial charge in [0.15, 0.2) is 5.96 Å². The van der Waals surface area contributed by atoms with E-state index in [9.17, 15) is 4.79 Å². The molecule has 0 saturated heterocycles. The number of benzene rings is 2. The third kappa shape index (κ3) is 7.23. The molecule has 0 bridgehead atoms. The molecule has 2 aromatic carbocycles. The fraction of sp³-hybridized carbons (Fsp3) is 0.333. The first kappa shape index (κ1) is 21.8. The van der Waals surface area contributed by atoms with Crippen molar-refractivity contribution in [3.05, 3.63) is 63.6 Å². The van der Waals surface area contributed by atoms with Crippen LogP contribution < -0.4 is 15.4 Å². The van der Waals surface area contributed by atoms with Gasteiger partial charge in [0.2, 0.25) is 5.91 Å². The van der Waals surface area contributed by atoms with Crippen molar-refractivity contribution in [2.45, 2.75) is 20.0 Å². The Morgan fingerprint density at radius 2 is 1.82 bits per heavy atom. The van der Waals surface area contributed by atoms with Gasteiger partial charge in [0.1, 0.15) is 5.75 Å². The number of carbonyl (C=O) groups is 1. The third-order valence-electron chi connectivity index (χ3n) is 4.05. The van der Waals surface area contributed by atoms with Crippen LogP contribution in [0, 0.1) is 6.92 Å². The van der Waals surface area contributed by atoms with E-state index in [0.717, 1.165) is 26.9 Å². The van der Waals surface area contributed by atoms with E-state index in [4.69, 9.17) is 4.74 Å². The number of likely N-dealkylation sites (N-methyl/N-ethyl adjacent to an activating group) is 1.